The van der Waals surface area contributed by atoms with Crippen molar-refractivity contribution in [1.29, 1.82) is 0 Å². The normalized spacial score (nSPS) is 11.0. The quantitative estimate of drug-likeness (QED) is 0.599. The monoisotopic (exact) mass is 318 g/mol. The van der Waals surface area contributed by atoms with Crippen LogP contribution in [0.3, 0.4) is 0 Å². The number of rotatable bonds is 3. The molecule has 0 unspecified atom stereocenters. The van der Waals surface area contributed by atoms with Crippen molar-refractivity contribution in [3.63, 3.8) is 0 Å². The van der Waals surface area contributed by atoms with E-state index in [0.29, 0.717) is 27.0 Å². The van der Waals surface area contributed by atoms with E-state index in [9.17, 15) is 4.79 Å². The van der Waals surface area contributed by atoms with Crippen LogP contribution in [0, 0.1) is 6.92 Å². The van der Waals surface area contributed by atoms with E-state index < -0.39 is 0 Å². The highest BCUT2D eigenvalue weighted by Crippen LogP contribution is 2.27. The highest BCUT2D eigenvalue weighted by atomic mass is 35.5. The smallest absolute Gasteiger partial charge is 0.202 e. The number of carbonyl (C=O) groups is 1. The van der Waals surface area contributed by atoms with E-state index in [4.69, 9.17) is 27.6 Å². The van der Waals surface area contributed by atoms with Crippen molar-refractivity contribution < 1.29 is 9.21 Å². The standard InChI is InChI=1S/C17H12Cl2O2/c1-10-5-6-15-12(7-10)9-16(21-15)14(20)8-11-3-2-4-13(18)17(11)19/h2-7,9H,8H2,1H3. The van der Waals surface area contributed by atoms with Crippen molar-refractivity contribution in [2.45, 2.75) is 13.3 Å². The minimum Gasteiger partial charge on any atom is -0.453 e. The van der Waals surface area contributed by atoms with Crippen LogP contribution in [0.5, 0.6) is 0 Å². The molecule has 0 fully saturated rings. The maximum atomic E-state index is 12.3. The fraction of sp³-hybridized carbons (Fsp3) is 0.118. The summed E-state index contributed by atoms with van der Waals surface area (Å²) in [6.07, 6.45) is 0.165. The molecule has 0 saturated carbocycles. The van der Waals surface area contributed by atoms with Crippen LogP contribution in [-0.2, 0) is 6.42 Å². The maximum absolute atomic E-state index is 12.3. The third kappa shape index (κ3) is 2.82. The topological polar surface area (TPSA) is 30.2 Å². The molecule has 3 rings (SSSR count). The van der Waals surface area contributed by atoms with Crippen LogP contribution < -0.4 is 0 Å². The molecule has 0 N–H and O–H groups in total. The lowest BCUT2D eigenvalue weighted by molar-refractivity contribution is 0.0968. The molecule has 106 valence electrons. The van der Waals surface area contributed by atoms with Gasteiger partial charge in [-0.2, -0.15) is 0 Å². The third-order valence-electron chi connectivity index (χ3n) is 3.33. The van der Waals surface area contributed by atoms with Gasteiger partial charge in [0.25, 0.3) is 0 Å². The lowest BCUT2D eigenvalue weighted by Crippen LogP contribution is -2.02. The highest BCUT2D eigenvalue weighted by Gasteiger charge is 2.15. The second kappa shape index (κ2) is 5.55. The summed E-state index contributed by atoms with van der Waals surface area (Å²) in [6, 6.07) is 12.8. The number of aryl methyl sites for hydroxylation is 1. The Bertz CT molecular complexity index is 834. The molecule has 0 saturated heterocycles. The summed E-state index contributed by atoms with van der Waals surface area (Å²) in [6.45, 7) is 2.00. The van der Waals surface area contributed by atoms with Gasteiger partial charge in [0, 0.05) is 11.8 Å². The summed E-state index contributed by atoms with van der Waals surface area (Å²) in [5.41, 5.74) is 2.53. The zero-order valence-corrected chi connectivity index (χ0v) is 12.8. The second-order valence-corrected chi connectivity index (χ2v) is 5.75. The molecule has 2 nitrogen and oxygen atoms in total. The average Bonchev–Trinajstić information content (AvgIpc) is 2.87. The Balaban J connectivity index is 1.91. The Morgan fingerprint density at radius 1 is 1.14 bits per heavy atom. The minimum atomic E-state index is -0.118. The van der Waals surface area contributed by atoms with Gasteiger partial charge in [0.2, 0.25) is 5.78 Å². The van der Waals surface area contributed by atoms with E-state index in [-0.39, 0.29) is 12.2 Å². The van der Waals surface area contributed by atoms with Crippen LogP contribution in [0.15, 0.2) is 46.9 Å². The number of fused-ring (bicyclic) bond motifs is 1. The molecule has 0 bridgehead atoms. The van der Waals surface area contributed by atoms with Gasteiger partial charge in [0.1, 0.15) is 5.58 Å². The highest BCUT2D eigenvalue weighted by molar-refractivity contribution is 6.42. The van der Waals surface area contributed by atoms with Crippen LogP contribution >= 0.6 is 23.2 Å². The van der Waals surface area contributed by atoms with Gasteiger partial charge >= 0.3 is 0 Å². The molecule has 4 heteroatoms. The number of halogens is 2. The number of Topliss-reactive ketones (excluding diaryl/α,β-unsaturated/α-hetero) is 1. The Morgan fingerprint density at radius 3 is 2.76 bits per heavy atom. The molecule has 0 atom stereocenters. The van der Waals surface area contributed by atoms with E-state index in [2.05, 4.69) is 0 Å². The molecular formula is C17H12Cl2O2. The first kappa shape index (κ1) is 14.2. The van der Waals surface area contributed by atoms with Gasteiger partial charge in [-0.15, -0.1) is 0 Å². The molecule has 21 heavy (non-hydrogen) atoms. The van der Waals surface area contributed by atoms with Gasteiger partial charge in [-0.05, 0) is 36.8 Å². The predicted octanol–water partition coefficient (Wildman–Crippen LogP) is 5.47. The van der Waals surface area contributed by atoms with E-state index in [0.717, 1.165) is 10.9 Å². The van der Waals surface area contributed by atoms with Crippen molar-refractivity contribution in [3.05, 3.63) is 69.4 Å². The fourth-order valence-corrected chi connectivity index (χ4v) is 2.63. The van der Waals surface area contributed by atoms with Gasteiger partial charge in [-0.3, -0.25) is 4.79 Å². The van der Waals surface area contributed by atoms with Crippen molar-refractivity contribution in [1.82, 2.24) is 0 Å². The predicted molar refractivity (Wildman–Crippen MR) is 85.4 cm³/mol. The summed E-state index contributed by atoms with van der Waals surface area (Å²) in [7, 11) is 0. The Morgan fingerprint density at radius 2 is 1.95 bits per heavy atom. The van der Waals surface area contributed by atoms with Gasteiger partial charge in [-0.25, -0.2) is 0 Å². The molecular weight excluding hydrogens is 307 g/mol. The number of hydrogen-bond donors (Lipinski definition) is 0. The van der Waals surface area contributed by atoms with Crippen LogP contribution in [0.25, 0.3) is 11.0 Å². The van der Waals surface area contributed by atoms with Crippen LogP contribution in [0.1, 0.15) is 21.7 Å². The van der Waals surface area contributed by atoms with Gasteiger partial charge < -0.3 is 4.42 Å². The largest absolute Gasteiger partial charge is 0.453 e. The van der Waals surface area contributed by atoms with E-state index in [1.54, 1.807) is 24.3 Å². The maximum Gasteiger partial charge on any atom is 0.202 e. The van der Waals surface area contributed by atoms with Crippen LogP contribution in [0.4, 0.5) is 0 Å². The lowest BCUT2D eigenvalue weighted by atomic mass is 10.1. The molecule has 0 aliphatic carbocycles. The first-order valence-corrected chi connectivity index (χ1v) is 7.26. The minimum absolute atomic E-state index is 0.118. The summed E-state index contributed by atoms with van der Waals surface area (Å²) < 4.78 is 5.60. The van der Waals surface area contributed by atoms with Gasteiger partial charge in [-0.1, -0.05) is 47.0 Å². The molecule has 1 aromatic heterocycles. The number of carbonyl (C=O) groups excluding carboxylic acids is 1. The van der Waals surface area contributed by atoms with E-state index in [1.807, 2.05) is 25.1 Å². The Hall–Kier alpha value is -1.77. The first-order valence-electron chi connectivity index (χ1n) is 6.51. The molecule has 2 aromatic carbocycles. The fourth-order valence-electron chi connectivity index (χ4n) is 2.25. The molecule has 0 spiro atoms. The molecule has 0 amide bonds. The molecule has 1 heterocycles. The first-order chi connectivity index (χ1) is 10.0. The van der Waals surface area contributed by atoms with Crippen LogP contribution in [-0.4, -0.2) is 5.78 Å². The van der Waals surface area contributed by atoms with Crippen molar-refractivity contribution >= 4 is 40.0 Å². The molecule has 0 aliphatic heterocycles. The number of benzene rings is 2. The molecule has 3 aromatic rings. The van der Waals surface area contributed by atoms with Crippen molar-refractivity contribution in [2.24, 2.45) is 0 Å². The second-order valence-electron chi connectivity index (χ2n) is 4.96. The zero-order valence-electron chi connectivity index (χ0n) is 11.3. The lowest BCUT2D eigenvalue weighted by Gasteiger charge is -2.03. The van der Waals surface area contributed by atoms with E-state index >= 15 is 0 Å². The number of hydrogen-bond acceptors (Lipinski definition) is 2. The number of ketones is 1. The zero-order chi connectivity index (χ0) is 15.0. The summed E-state index contributed by atoms with van der Waals surface area (Å²) in [5, 5.41) is 1.79. The van der Waals surface area contributed by atoms with E-state index in [1.165, 1.54) is 0 Å². The molecule has 0 aliphatic rings. The Kier molecular flexibility index (Phi) is 3.75. The summed E-state index contributed by atoms with van der Waals surface area (Å²) in [5.74, 6) is 0.222. The summed E-state index contributed by atoms with van der Waals surface area (Å²) >= 11 is 12.1. The van der Waals surface area contributed by atoms with Crippen LogP contribution in [0.2, 0.25) is 10.0 Å². The Labute approximate surface area is 132 Å². The van der Waals surface area contributed by atoms with Crippen molar-refractivity contribution in [3.8, 4) is 0 Å². The average molecular weight is 319 g/mol. The SMILES string of the molecule is Cc1ccc2oc(C(=O)Cc3cccc(Cl)c3Cl)cc2c1. The van der Waals surface area contributed by atoms with Crippen molar-refractivity contribution in [2.75, 3.05) is 0 Å². The van der Waals surface area contributed by atoms with Gasteiger partial charge in [0.15, 0.2) is 5.76 Å². The van der Waals surface area contributed by atoms with Gasteiger partial charge in [0.05, 0.1) is 10.0 Å². The summed E-state index contributed by atoms with van der Waals surface area (Å²) in [4.78, 5) is 12.3. The number of furan rings is 1. The third-order valence-corrected chi connectivity index (χ3v) is 4.19. The molecule has 0 radical (unpaired) electrons.